The van der Waals surface area contributed by atoms with Gasteiger partial charge in [-0.2, -0.15) is 0 Å². The molecule has 2 aliphatic rings. The minimum Gasteiger partial charge on any atom is -0.434 e. The van der Waals surface area contributed by atoms with Gasteiger partial charge in [0.15, 0.2) is 5.78 Å². The number of anilines is 1. The Balaban J connectivity index is 0.00000147. The molecule has 3 rings (SSSR count). The van der Waals surface area contributed by atoms with Gasteiger partial charge in [0.25, 0.3) is 0 Å². The molecule has 0 saturated heterocycles. The number of carbonyl (C=O) groups excluding carboxylic acids is 1. The second-order valence-electron chi connectivity index (χ2n) is 5.30. The average Bonchev–Trinajstić information content (AvgIpc) is 2.87. The second kappa shape index (κ2) is 5.82. The van der Waals surface area contributed by atoms with Crippen LogP contribution < -0.4 is 5.73 Å². The van der Waals surface area contributed by atoms with Crippen LogP contribution in [0.3, 0.4) is 0 Å². The van der Waals surface area contributed by atoms with Crippen LogP contribution in [0.5, 0.6) is 0 Å². The summed E-state index contributed by atoms with van der Waals surface area (Å²) in [7, 11) is 0. The molecule has 1 aromatic heterocycles. The smallest absolute Gasteiger partial charge is 0.164 e. The third kappa shape index (κ3) is 2.49. The van der Waals surface area contributed by atoms with Crippen LogP contribution in [0.25, 0.3) is 0 Å². The normalized spacial score (nSPS) is 19.9. The maximum absolute atomic E-state index is 12.1. The zero-order chi connectivity index (χ0) is 13.6. The van der Waals surface area contributed by atoms with Crippen molar-refractivity contribution in [1.82, 2.24) is 4.98 Å². The van der Waals surface area contributed by atoms with E-state index in [1.54, 1.807) is 6.61 Å². The van der Waals surface area contributed by atoms with Crippen LogP contribution >= 0.6 is 0 Å². The van der Waals surface area contributed by atoms with Gasteiger partial charge in [0.05, 0.1) is 6.61 Å². The summed E-state index contributed by atoms with van der Waals surface area (Å²) in [5.41, 5.74) is 9.72. The SMILES string of the molecule is CC(C)C(=O)C1Cc2c(nc(N)c3c2CO[CH-]3)CO1.[Re]. The Morgan fingerprint density at radius 3 is 2.85 bits per heavy atom. The van der Waals surface area contributed by atoms with E-state index in [4.69, 9.17) is 15.2 Å². The quantitative estimate of drug-likeness (QED) is 0.694. The van der Waals surface area contributed by atoms with Crippen molar-refractivity contribution in [3.63, 3.8) is 0 Å². The van der Waals surface area contributed by atoms with Gasteiger partial charge in [0, 0.05) is 44.5 Å². The fraction of sp³-hybridized carbons (Fsp3) is 0.500. The van der Waals surface area contributed by atoms with Gasteiger partial charge in [0.1, 0.15) is 6.10 Å². The second-order valence-corrected chi connectivity index (χ2v) is 5.30. The van der Waals surface area contributed by atoms with E-state index in [0.29, 0.717) is 25.5 Å². The molecule has 6 heteroatoms. The zero-order valence-electron chi connectivity index (χ0n) is 11.5. The van der Waals surface area contributed by atoms with Crippen LogP contribution in [-0.4, -0.2) is 16.9 Å². The molecule has 0 bridgehead atoms. The molecule has 2 aliphatic heterocycles. The Hall–Kier alpha value is -0.928. The number of pyridine rings is 1. The number of nitrogens with zero attached hydrogens (tertiary/aromatic N) is 1. The summed E-state index contributed by atoms with van der Waals surface area (Å²) in [6.45, 7) is 6.28. The Morgan fingerprint density at radius 2 is 2.15 bits per heavy atom. The zero-order valence-corrected chi connectivity index (χ0v) is 14.2. The predicted octanol–water partition coefficient (Wildman–Crippen LogP) is 1.37. The van der Waals surface area contributed by atoms with E-state index >= 15 is 0 Å². The van der Waals surface area contributed by atoms with Gasteiger partial charge in [-0.1, -0.05) is 26.0 Å². The van der Waals surface area contributed by atoms with Gasteiger partial charge in [-0.3, -0.25) is 9.78 Å². The van der Waals surface area contributed by atoms with Gasteiger partial charge in [-0.05, 0) is 6.42 Å². The number of nitrogens with two attached hydrogens (primary N) is 1. The fourth-order valence-electron chi connectivity index (χ4n) is 2.61. The summed E-state index contributed by atoms with van der Waals surface area (Å²) >= 11 is 0. The minimum atomic E-state index is -0.373. The largest absolute Gasteiger partial charge is 0.434 e. The number of fused-ring (bicyclic) bond motifs is 3. The maximum atomic E-state index is 12.1. The van der Waals surface area contributed by atoms with Crippen molar-refractivity contribution in [1.29, 1.82) is 0 Å². The number of carbonyl (C=O) groups is 1. The standard InChI is InChI=1S/C14H17N2O3.Re/c1-7(2)13(17)12-3-8-9-4-18-5-10(9)14(15)16-11(8)6-19-12;/h5,7,12H,3-4,6H2,1-2H3,(H2,15,16);/q-1;. The molecule has 0 spiro atoms. The van der Waals surface area contributed by atoms with Crippen molar-refractivity contribution in [2.45, 2.75) is 39.6 Å². The van der Waals surface area contributed by atoms with E-state index in [9.17, 15) is 4.79 Å². The van der Waals surface area contributed by atoms with Crippen LogP contribution in [-0.2, 0) is 54.3 Å². The summed E-state index contributed by atoms with van der Waals surface area (Å²) < 4.78 is 11.0. The van der Waals surface area contributed by atoms with Crippen LogP contribution in [0.15, 0.2) is 0 Å². The Labute approximate surface area is 131 Å². The molecule has 3 heterocycles. The van der Waals surface area contributed by atoms with E-state index in [1.807, 2.05) is 13.8 Å². The Morgan fingerprint density at radius 1 is 1.40 bits per heavy atom. The van der Waals surface area contributed by atoms with Crippen molar-refractivity contribution in [2.24, 2.45) is 5.92 Å². The number of hydrogen-bond donors (Lipinski definition) is 1. The number of rotatable bonds is 2. The predicted molar refractivity (Wildman–Crippen MR) is 69.0 cm³/mol. The Kier molecular flexibility index (Phi) is 4.50. The van der Waals surface area contributed by atoms with Crippen LogP contribution in [0.1, 0.15) is 36.2 Å². The number of nitrogen functional groups attached to an aromatic ring is 1. The third-order valence-electron chi connectivity index (χ3n) is 3.70. The number of aromatic nitrogens is 1. The number of Topliss-reactive ketones (excluding diaryl/α,β-unsaturated/α-hetero) is 1. The van der Waals surface area contributed by atoms with Crippen molar-refractivity contribution >= 4 is 11.6 Å². The van der Waals surface area contributed by atoms with Gasteiger partial charge in [0.2, 0.25) is 0 Å². The van der Waals surface area contributed by atoms with Gasteiger partial charge in [-0.25, -0.2) is 0 Å². The summed E-state index contributed by atoms with van der Waals surface area (Å²) in [6.07, 6.45) is 0.196. The molecule has 1 radical (unpaired) electrons. The van der Waals surface area contributed by atoms with Gasteiger partial charge >= 0.3 is 0 Å². The molecule has 20 heavy (non-hydrogen) atoms. The first-order chi connectivity index (χ1) is 9.08. The minimum absolute atomic E-state index is 0. The van der Waals surface area contributed by atoms with Gasteiger partial charge < -0.3 is 15.2 Å². The summed E-state index contributed by atoms with van der Waals surface area (Å²) in [5.74, 6) is 0.590. The molecule has 0 fully saturated rings. The monoisotopic (exact) mass is 448 g/mol. The molecule has 2 N–H and O–H groups in total. The number of hydrogen-bond acceptors (Lipinski definition) is 5. The first-order valence-electron chi connectivity index (χ1n) is 6.48. The topological polar surface area (TPSA) is 74.4 Å². The molecule has 1 aromatic rings. The first kappa shape index (κ1) is 15.5. The van der Waals surface area contributed by atoms with Crippen LogP contribution in [0, 0.1) is 12.5 Å². The Bertz CT molecular complexity index is 546. The average molecular weight is 448 g/mol. The molecular formula is C14H17N2O3Re-. The summed E-state index contributed by atoms with van der Waals surface area (Å²) in [6, 6.07) is 0. The van der Waals surface area contributed by atoms with E-state index in [-0.39, 0.29) is 38.2 Å². The molecule has 0 amide bonds. The number of ether oxygens (including phenoxy) is 2. The third-order valence-corrected chi connectivity index (χ3v) is 3.70. The summed E-state index contributed by atoms with van der Waals surface area (Å²) in [5, 5.41) is 0. The van der Waals surface area contributed by atoms with E-state index in [0.717, 1.165) is 22.4 Å². The van der Waals surface area contributed by atoms with Gasteiger partial charge in [-0.15, -0.1) is 11.1 Å². The molecule has 0 saturated carbocycles. The van der Waals surface area contributed by atoms with Crippen LogP contribution in [0.4, 0.5) is 5.82 Å². The maximum Gasteiger partial charge on any atom is 0.164 e. The molecule has 0 aromatic carbocycles. The van der Waals surface area contributed by atoms with Crippen molar-refractivity contribution in [3.05, 3.63) is 29.0 Å². The van der Waals surface area contributed by atoms with Crippen molar-refractivity contribution in [3.8, 4) is 0 Å². The van der Waals surface area contributed by atoms with E-state index < -0.39 is 0 Å². The van der Waals surface area contributed by atoms with E-state index in [1.165, 1.54) is 0 Å². The molecule has 1 unspecified atom stereocenters. The van der Waals surface area contributed by atoms with Crippen molar-refractivity contribution < 1.29 is 34.7 Å². The summed E-state index contributed by atoms with van der Waals surface area (Å²) in [4.78, 5) is 16.4. The molecule has 5 nitrogen and oxygen atoms in total. The van der Waals surface area contributed by atoms with E-state index in [2.05, 4.69) is 4.98 Å². The molecule has 109 valence electrons. The molecule has 0 aliphatic carbocycles. The fourth-order valence-corrected chi connectivity index (χ4v) is 2.61. The molecule has 1 atom stereocenters. The molecular weight excluding hydrogens is 430 g/mol. The van der Waals surface area contributed by atoms with Crippen molar-refractivity contribution in [2.75, 3.05) is 5.73 Å². The first-order valence-corrected chi connectivity index (χ1v) is 6.48. The van der Waals surface area contributed by atoms with Crippen LogP contribution in [0.2, 0.25) is 0 Å². The number of ketones is 1.